The Bertz CT molecular complexity index is 109. The third-order valence-corrected chi connectivity index (χ3v) is 1.84. The Morgan fingerprint density at radius 1 is 1.55 bits per heavy atom. The largest absolute Gasteiger partial charge is 0.374 e. The van der Waals surface area contributed by atoms with E-state index in [0.717, 1.165) is 19.7 Å². The van der Waals surface area contributed by atoms with Gasteiger partial charge in [0, 0.05) is 19.1 Å². The van der Waals surface area contributed by atoms with Gasteiger partial charge in [0.15, 0.2) is 0 Å². The summed E-state index contributed by atoms with van der Waals surface area (Å²) in [5.41, 5.74) is 0. The fourth-order valence-corrected chi connectivity index (χ4v) is 1.26. The first kappa shape index (κ1) is 8.97. The maximum absolute atomic E-state index is 5.60. The van der Waals surface area contributed by atoms with Crippen molar-refractivity contribution in [2.45, 2.75) is 19.1 Å². The first-order valence-corrected chi connectivity index (χ1v) is 4.18. The predicted octanol–water partition coefficient (Wildman–Crippen LogP) is -0.0751. The van der Waals surface area contributed by atoms with E-state index >= 15 is 0 Å². The zero-order valence-electron chi connectivity index (χ0n) is 7.63. The van der Waals surface area contributed by atoms with Gasteiger partial charge >= 0.3 is 0 Å². The second kappa shape index (κ2) is 4.04. The van der Waals surface area contributed by atoms with Crippen LogP contribution < -0.4 is 5.32 Å². The summed E-state index contributed by atoms with van der Waals surface area (Å²) in [6.45, 7) is 4.99. The Kier molecular flexibility index (Phi) is 3.30. The second-order valence-corrected chi connectivity index (χ2v) is 3.53. The van der Waals surface area contributed by atoms with E-state index in [2.05, 4.69) is 31.2 Å². The molecule has 1 unspecified atom stereocenters. The minimum absolute atomic E-state index is 0.376. The standard InChI is InChI=1S/C8H18N2O/c1-7-6-11-8(4-9-7)5-10(2)3/h7-9H,4-6H2,1-3H3/t7-,8?/m1/s1. The molecule has 3 heteroatoms. The average molecular weight is 158 g/mol. The summed E-state index contributed by atoms with van der Waals surface area (Å²) in [6.07, 6.45) is 0.376. The first-order chi connectivity index (χ1) is 5.18. The van der Waals surface area contributed by atoms with Crippen LogP contribution in [-0.4, -0.2) is 50.8 Å². The van der Waals surface area contributed by atoms with Crippen LogP contribution in [0, 0.1) is 0 Å². The van der Waals surface area contributed by atoms with E-state index in [-0.39, 0.29) is 0 Å². The molecule has 0 saturated carbocycles. The quantitative estimate of drug-likeness (QED) is 0.608. The minimum atomic E-state index is 0.376. The summed E-state index contributed by atoms with van der Waals surface area (Å²) in [5.74, 6) is 0. The Labute approximate surface area is 68.7 Å². The van der Waals surface area contributed by atoms with E-state index in [9.17, 15) is 0 Å². The molecule has 0 amide bonds. The van der Waals surface area contributed by atoms with Gasteiger partial charge in [-0.1, -0.05) is 0 Å². The molecule has 0 aliphatic carbocycles. The van der Waals surface area contributed by atoms with Crippen LogP contribution in [0.15, 0.2) is 0 Å². The Morgan fingerprint density at radius 2 is 2.27 bits per heavy atom. The van der Waals surface area contributed by atoms with Gasteiger partial charge in [0.2, 0.25) is 0 Å². The monoisotopic (exact) mass is 158 g/mol. The highest BCUT2D eigenvalue weighted by Crippen LogP contribution is 2.00. The lowest BCUT2D eigenvalue weighted by Gasteiger charge is -2.29. The third kappa shape index (κ3) is 3.18. The minimum Gasteiger partial charge on any atom is -0.374 e. The zero-order chi connectivity index (χ0) is 8.27. The van der Waals surface area contributed by atoms with Crippen molar-refractivity contribution in [2.75, 3.05) is 33.8 Å². The molecule has 1 fully saturated rings. The molecule has 0 bridgehead atoms. The van der Waals surface area contributed by atoms with Gasteiger partial charge in [-0.2, -0.15) is 0 Å². The molecular weight excluding hydrogens is 140 g/mol. The summed E-state index contributed by atoms with van der Waals surface area (Å²) < 4.78 is 5.60. The van der Waals surface area contributed by atoms with Gasteiger partial charge < -0.3 is 15.0 Å². The lowest BCUT2D eigenvalue weighted by molar-refractivity contribution is -0.00440. The normalized spacial score (nSPS) is 32.7. The number of nitrogens with zero attached hydrogens (tertiary/aromatic N) is 1. The number of morpholine rings is 1. The van der Waals surface area contributed by atoms with Crippen LogP contribution in [0.1, 0.15) is 6.92 Å². The van der Waals surface area contributed by atoms with Crippen molar-refractivity contribution in [1.29, 1.82) is 0 Å². The maximum atomic E-state index is 5.60. The van der Waals surface area contributed by atoms with E-state index in [1.165, 1.54) is 0 Å². The van der Waals surface area contributed by atoms with E-state index in [0.29, 0.717) is 12.1 Å². The molecular formula is C8H18N2O. The molecule has 0 radical (unpaired) electrons. The van der Waals surface area contributed by atoms with E-state index < -0.39 is 0 Å². The third-order valence-electron chi connectivity index (χ3n) is 1.84. The molecule has 0 aromatic rings. The van der Waals surface area contributed by atoms with Crippen LogP contribution in [0.2, 0.25) is 0 Å². The van der Waals surface area contributed by atoms with Gasteiger partial charge in [-0.3, -0.25) is 0 Å². The van der Waals surface area contributed by atoms with Crippen molar-refractivity contribution in [2.24, 2.45) is 0 Å². The number of hydrogen-bond acceptors (Lipinski definition) is 3. The summed E-state index contributed by atoms with van der Waals surface area (Å²) in [4.78, 5) is 2.16. The van der Waals surface area contributed by atoms with Crippen LogP contribution >= 0.6 is 0 Å². The number of nitrogens with one attached hydrogen (secondary N) is 1. The second-order valence-electron chi connectivity index (χ2n) is 3.53. The molecule has 0 spiro atoms. The molecule has 1 heterocycles. The van der Waals surface area contributed by atoms with Gasteiger partial charge in [0.1, 0.15) is 0 Å². The van der Waals surface area contributed by atoms with Gasteiger partial charge in [-0.05, 0) is 21.0 Å². The van der Waals surface area contributed by atoms with E-state index in [4.69, 9.17) is 4.74 Å². The lowest BCUT2D eigenvalue weighted by atomic mass is 10.2. The van der Waals surface area contributed by atoms with Crippen molar-refractivity contribution in [1.82, 2.24) is 10.2 Å². The van der Waals surface area contributed by atoms with Crippen LogP contribution in [-0.2, 0) is 4.74 Å². The summed E-state index contributed by atoms with van der Waals surface area (Å²) in [5, 5.41) is 3.39. The van der Waals surface area contributed by atoms with Gasteiger partial charge in [0.25, 0.3) is 0 Å². The maximum Gasteiger partial charge on any atom is 0.0826 e. The Hall–Kier alpha value is -0.120. The highest BCUT2D eigenvalue weighted by Gasteiger charge is 2.17. The topological polar surface area (TPSA) is 24.5 Å². The van der Waals surface area contributed by atoms with E-state index in [1.54, 1.807) is 0 Å². The molecule has 0 aromatic carbocycles. The first-order valence-electron chi connectivity index (χ1n) is 4.18. The van der Waals surface area contributed by atoms with Gasteiger partial charge in [-0.25, -0.2) is 0 Å². The Morgan fingerprint density at radius 3 is 2.73 bits per heavy atom. The molecule has 1 saturated heterocycles. The predicted molar refractivity (Wildman–Crippen MR) is 45.8 cm³/mol. The van der Waals surface area contributed by atoms with Crippen LogP contribution in [0.25, 0.3) is 0 Å². The van der Waals surface area contributed by atoms with Crippen molar-refractivity contribution >= 4 is 0 Å². The molecule has 0 aromatic heterocycles. The molecule has 1 N–H and O–H groups in total. The molecule has 1 aliphatic rings. The number of ether oxygens (including phenoxy) is 1. The molecule has 11 heavy (non-hydrogen) atoms. The summed E-state index contributed by atoms with van der Waals surface area (Å²) >= 11 is 0. The average Bonchev–Trinajstić information content (AvgIpc) is 1.93. The van der Waals surface area contributed by atoms with Crippen LogP contribution in [0.3, 0.4) is 0 Å². The number of hydrogen-bond donors (Lipinski definition) is 1. The fraction of sp³-hybridized carbons (Fsp3) is 1.00. The zero-order valence-corrected chi connectivity index (χ0v) is 7.63. The van der Waals surface area contributed by atoms with Crippen LogP contribution in [0.5, 0.6) is 0 Å². The van der Waals surface area contributed by atoms with E-state index in [1.807, 2.05) is 0 Å². The molecule has 3 nitrogen and oxygen atoms in total. The number of rotatable bonds is 2. The molecule has 1 rings (SSSR count). The highest BCUT2D eigenvalue weighted by molar-refractivity contribution is 4.73. The van der Waals surface area contributed by atoms with Crippen LogP contribution in [0.4, 0.5) is 0 Å². The lowest BCUT2D eigenvalue weighted by Crippen LogP contribution is -2.48. The summed E-state index contributed by atoms with van der Waals surface area (Å²) in [6, 6.07) is 0.522. The van der Waals surface area contributed by atoms with Gasteiger partial charge in [0.05, 0.1) is 12.7 Å². The van der Waals surface area contributed by atoms with Crippen molar-refractivity contribution < 1.29 is 4.74 Å². The van der Waals surface area contributed by atoms with Crippen molar-refractivity contribution in [3.63, 3.8) is 0 Å². The number of likely N-dealkylation sites (N-methyl/N-ethyl adjacent to an activating group) is 1. The smallest absolute Gasteiger partial charge is 0.0826 e. The van der Waals surface area contributed by atoms with Crippen molar-refractivity contribution in [3.8, 4) is 0 Å². The fourth-order valence-electron chi connectivity index (χ4n) is 1.26. The summed E-state index contributed by atoms with van der Waals surface area (Å²) in [7, 11) is 4.14. The van der Waals surface area contributed by atoms with Gasteiger partial charge in [-0.15, -0.1) is 0 Å². The molecule has 66 valence electrons. The molecule has 1 aliphatic heterocycles. The SMILES string of the molecule is C[C@@H]1COC(CN(C)C)CN1. The van der Waals surface area contributed by atoms with Crippen molar-refractivity contribution in [3.05, 3.63) is 0 Å². The highest BCUT2D eigenvalue weighted by atomic mass is 16.5. The Balaban J connectivity index is 2.17. The molecule has 2 atom stereocenters.